The Morgan fingerprint density at radius 3 is 2.75 bits per heavy atom. The van der Waals surface area contributed by atoms with Crippen LogP contribution in [-0.2, 0) is 6.42 Å². The van der Waals surface area contributed by atoms with E-state index in [0.29, 0.717) is 11.3 Å². The van der Waals surface area contributed by atoms with Crippen molar-refractivity contribution in [3.8, 4) is 0 Å². The van der Waals surface area contributed by atoms with E-state index in [0.717, 1.165) is 6.42 Å². The van der Waals surface area contributed by atoms with E-state index in [2.05, 4.69) is 70.2 Å². The van der Waals surface area contributed by atoms with Crippen LogP contribution in [0.4, 0.5) is 0 Å². The van der Waals surface area contributed by atoms with Crippen LogP contribution in [0.15, 0.2) is 36.4 Å². The summed E-state index contributed by atoms with van der Waals surface area (Å²) in [6, 6.07) is 9.26. The Kier molecular flexibility index (Phi) is 3.67. The fourth-order valence-electron chi connectivity index (χ4n) is 4.68. The lowest BCUT2D eigenvalue weighted by atomic mass is 9.65. The van der Waals surface area contributed by atoms with E-state index in [4.69, 9.17) is 0 Å². The maximum absolute atomic E-state index is 2.51. The molecule has 0 fully saturated rings. The molecule has 0 aliphatic heterocycles. The zero-order chi connectivity index (χ0) is 16.9. The second kappa shape index (κ2) is 5.62. The normalized spacial score (nSPS) is 18.8. The topological polar surface area (TPSA) is 0 Å². The molecule has 4 rings (SSSR count). The average molecular weight is 316 g/mol. The predicted molar refractivity (Wildman–Crippen MR) is 106 cm³/mol. The van der Waals surface area contributed by atoms with E-state index in [1.165, 1.54) is 52.3 Å². The molecule has 1 atom stereocenters. The van der Waals surface area contributed by atoms with Gasteiger partial charge in [-0.25, -0.2) is 0 Å². The van der Waals surface area contributed by atoms with Crippen molar-refractivity contribution >= 4 is 22.4 Å². The summed E-state index contributed by atoms with van der Waals surface area (Å²) in [5.41, 5.74) is 7.72. The fourth-order valence-corrected chi connectivity index (χ4v) is 4.68. The van der Waals surface area contributed by atoms with Crippen LogP contribution in [0.25, 0.3) is 22.4 Å². The van der Waals surface area contributed by atoms with Gasteiger partial charge in [-0.1, -0.05) is 76.1 Å². The summed E-state index contributed by atoms with van der Waals surface area (Å²) in [5, 5.41) is 2.96. The Hall–Kier alpha value is -1.82. The summed E-state index contributed by atoms with van der Waals surface area (Å²) >= 11 is 0. The summed E-state index contributed by atoms with van der Waals surface area (Å²) in [5.74, 6) is 0.538. The molecule has 2 aromatic rings. The standard InChI is InChI=1S/C24H28/c1-5-6-15-24(3,4)21-14-11-18-9-12-19-16(2)7-8-17-10-13-20(21)23(18)22(17)19/h7-9,11-14,21H,5-6,10,15H2,1-4H3. The van der Waals surface area contributed by atoms with Crippen LogP contribution in [0.3, 0.4) is 0 Å². The number of hydrogen-bond donors (Lipinski definition) is 0. The SMILES string of the molecule is CCCCC(C)(C)C1C=Cc2ccc3c(C)ccc4c3c2C1=CC4. The van der Waals surface area contributed by atoms with Crippen LogP contribution in [-0.4, -0.2) is 0 Å². The van der Waals surface area contributed by atoms with E-state index in [1.54, 1.807) is 5.57 Å². The van der Waals surface area contributed by atoms with Gasteiger partial charge in [-0.2, -0.15) is 0 Å². The smallest absolute Gasteiger partial charge is 0.00758 e. The largest absolute Gasteiger partial charge is 0.0758 e. The van der Waals surface area contributed by atoms with Crippen LogP contribution < -0.4 is 0 Å². The van der Waals surface area contributed by atoms with Crippen molar-refractivity contribution in [3.05, 3.63) is 58.7 Å². The second-order valence-electron chi connectivity index (χ2n) is 8.29. The summed E-state index contributed by atoms with van der Waals surface area (Å²) in [4.78, 5) is 0. The molecular formula is C24H28. The lowest BCUT2D eigenvalue weighted by Gasteiger charge is -2.39. The third-order valence-electron chi connectivity index (χ3n) is 6.17. The summed E-state index contributed by atoms with van der Waals surface area (Å²) in [6.07, 6.45) is 12.3. The molecule has 2 aliphatic carbocycles. The number of rotatable bonds is 4. The van der Waals surface area contributed by atoms with Gasteiger partial charge in [-0.15, -0.1) is 0 Å². The zero-order valence-corrected chi connectivity index (χ0v) is 15.4. The Bertz CT molecular complexity index is 861. The highest BCUT2D eigenvalue weighted by Crippen LogP contribution is 2.50. The van der Waals surface area contributed by atoms with Crippen molar-refractivity contribution < 1.29 is 0 Å². The molecule has 0 bridgehead atoms. The minimum Gasteiger partial charge on any atom is -0.0758 e. The van der Waals surface area contributed by atoms with Gasteiger partial charge in [-0.05, 0) is 63.8 Å². The Balaban J connectivity index is 1.90. The highest BCUT2D eigenvalue weighted by molar-refractivity contribution is 6.04. The Morgan fingerprint density at radius 1 is 1.12 bits per heavy atom. The number of benzene rings is 2. The van der Waals surface area contributed by atoms with Crippen molar-refractivity contribution in [2.45, 2.75) is 53.4 Å². The highest BCUT2D eigenvalue weighted by Gasteiger charge is 2.35. The van der Waals surface area contributed by atoms with Crippen LogP contribution in [0, 0.1) is 18.3 Å². The second-order valence-corrected chi connectivity index (χ2v) is 8.29. The molecule has 0 nitrogen and oxygen atoms in total. The molecule has 0 N–H and O–H groups in total. The molecular weight excluding hydrogens is 288 g/mol. The van der Waals surface area contributed by atoms with E-state index >= 15 is 0 Å². The molecule has 0 heterocycles. The summed E-state index contributed by atoms with van der Waals surface area (Å²) in [7, 11) is 0. The zero-order valence-electron chi connectivity index (χ0n) is 15.4. The van der Waals surface area contributed by atoms with Crippen molar-refractivity contribution in [2.75, 3.05) is 0 Å². The Morgan fingerprint density at radius 2 is 1.96 bits per heavy atom. The molecule has 0 spiro atoms. The van der Waals surface area contributed by atoms with Gasteiger partial charge in [0.1, 0.15) is 0 Å². The highest BCUT2D eigenvalue weighted by atomic mass is 14.4. The first kappa shape index (κ1) is 15.7. The quantitative estimate of drug-likeness (QED) is 0.572. The van der Waals surface area contributed by atoms with Crippen LogP contribution in [0.5, 0.6) is 0 Å². The van der Waals surface area contributed by atoms with Gasteiger partial charge in [0.2, 0.25) is 0 Å². The van der Waals surface area contributed by atoms with Crippen molar-refractivity contribution in [2.24, 2.45) is 11.3 Å². The molecule has 0 radical (unpaired) electrons. The summed E-state index contributed by atoms with van der Waals surface area (Å²) in [6.45, 7) is 9.44. The number of unbranched alkanes of at least 4 members (excludes halogenated alkanes) is 1. The molecule has 0 saturated carbocycles. The van der Waals surface area contributed by atoms with Gasteiger partial charge in [0, 0.05) is 5.92 Å². The van der Waals surface area contributed by atoms with Crippen LogP contribution in [0.1, 0.15) is 62.3 Å². The molecule has 0 amide bonds. The molecule has 0 saturated heterocycles. The minimum absolute atomic E-state index is 0.319. The van der Waals surface area contributed by atoms with E-state index in [9.17, 15) is 0 Å². The van der Waals surface area contributed by atoms with Gasteiger partial charge in [0.05, 0.1) is 0 Å². The van der Waals surface area contributed by atoms with E-state index in [-0.39, 0.29) is 0 Å². The predicted octanol–water partition coefficient (Wildman–Crippen LogP) is 6.95. The number of aryl methyl sites for hydroxylation is 1. The van der Waals surface area contributed by atoms with Crippen LogP contribution >= 0.6 is 0 Å². The maximum Gasteiger partial charge on any atom is 0.00758 e. The van der Waals surface area contributed by atoms with Gasteiger partial charge in [0.15, 0.2) is 0 Å². The molecule has 124 valence electrons. The fraction of sp³-hybridized carbons (Fsp3) is 0.417. The van der Waals surface area contributed by atoms with E-state index < -0.39 is 0 Å². The molecule has 24 heavy (non-hydrogen) atoms. The van der Waals surface area contributed by atoms with Crippen molar-refractivity contribution in [1.29, 1.82) is 0 Å². The van der Waals surface area contributed by atoms with Crippen molar-refractivity contribution in [3.63, 3.8) is 0 Å². The van der Waals surface area contributed by atoms with Gasteiger partial charge < -0.3 is 0 Å². The molecule has 2 aliphatic rings. The average Bonchev–Trinajstić information content (AvgIpc) is 2.59. The first-order chi connectivity index (χ1) is 11.5. The van der Waals surface area contributed by atoms with Gasteiger partial charge in [0.25, 0.3) is 0 Å². The summed E-state index contributed by atoms with van der Waals surface area (Å²) < 4.78 is 0. The van der Waals surface area contributed by atoms with Gasteiger partial charge in [-0.3, -0.25) is 0 Å². The number of allylic oxidation sites excluding steroid dienone is 3. The van der Waals surface area contributed by atoms with Crippen molar-refractivity contribution in [1.82, 2.24) is 0 Å². The third-order valence-corrected chi connectivity index (χ3v) is 6.17. The number of hydrogen-bond acceptors (Lipinski definition) is 0. The van der Waals surface area contributed by atoms with E-state index in [1.807, 2.05) is 0 Å². The molecule has 2 aromatic carbocycles. The lowest BCUT2D eigenvalue weighted by molar-refractivity contribution is 0.276. The van der Waals surface area contributed by atoms with Gasteiger partial charge >= 0.3 is 0 Å². The van der Waals surface area contributed by atoms with Crippen LogP contribution in [0.2, 0.25) is 0 Å². The monoisotopic (exact) mass is 316 g/mol. The molecule has 1 unspecified atom stereocenters. The molecule has 0 aromatic heterocycles. The third kappa shape index (κ3) is 2.27. The maximum atomic E-state index is 2.51. The minimum atomic E-state index is 0.319. The first-order valence-corrected chi connectivity index (χ1v) is 9.47. The molecule has 0 heteroatoms. The lowest BCUT2D eigenvalue weighted by Crippen LogP contribution is -2.26. The first-order valence-electron chi connectivity index (χ1n) is 9.47. The Labute approximate surface area is 146 Å².